The van der Waals surface area contributed by atoms with Gasteiger partial charge >= 0.3 is 0 Å². The van der Waals surface area contributed by atoms with Crippen molar-refractivity contribution in [2.45, 2.75) is 18.7 Å². The van der Waals surface area contributed by atoms with Gasteiger partial charge in [0.25, 0.3) is 5.56 Å². The van der Waals surface area contributed by atoms with Crippen LogP contribution in [0.25, 0.3) is 10.8 Å². The van der Waals surface area contributed by atoms with E-state index in [0.717, 1.165) is 5.56 Å². The van der Waals surface area contributed by atoms with Crippen LogP contribution < -0.4 is 10.9 Å². The molecule has 174 valence electrons. The van der Waals surface area contributed by atoms with Gasteiger partial charge in [-0.15, -0.1) is 0 Å². The number of rotatable bonds is 7. The van der Waals surface area contributed by atoms with E-state index in [1.54, 1.807) is 43.4 Å². The maximum absolute atomic E-state index is 12.8. The molecule has 1 aromatic heterocycles. The molecule has 4 rings (SSSR count). The molecule has 0 radical (unpaired) electrons. The Balaban J connectivity index is 1.46. The average Bonchev–Trinajstić information content (AvgIpc) is 2.82. The summed E-state index contributed by atoms with van der Waals surface area (Å²) in [5, 5.41) is 8.28. The molecular weight excluding hydrogens is 444 g/mol. The zero-order valence-corrected chi connectivity index (χ0v) is 19.2. The molecule has 3 aromatic rings. The smallest absolute Gasteiger partial charge is 0.274 e. The zero-order valence-electron chi connectivity index (χ0n) is 18.4. The second-order valence-corrected chi connectivity index (χ2v) is 9.88. The highest BCUT2D eigenvalue weighted by Crippen LogP contribution is 2.17. The first kappa shape index (κ1) is 23.1. The Kier molecular flexibility index (Phi) is 6.87. The Morgan fingerprint density at radius 1 is 1.03 bits per heavy atom. The molecule has 0 bridgehead atoms. The van der Waals surface area contributed by atoms with E-state index >= 15 is 0 Å². The monoisotopic (exact) mass is 470 g/mol. The van der Waals surface area contributed by atoms with E-state index in [2.05, 4.69) is 10.4 Å². The third kappa shape index (κ3) is 5.29. The Labute approximate surface area is 192 Å². The largest absolute Gasteiger partial charge is 0.379 e. The van der Waals surface area contributed by atoms with Crippen LogP contribution in [0.1, 0.15) is 16.8 Å². The van der Waals surface area contributed by atoms with Crippen molar-refractivity contribution < 1.29 is 17.9 Å². The molecule has 10 heteroatoms. The third-order valence-electron chi connectivity index (χ3n) is 5.66. The number of fused-ring (bicyclic) bond motifs is 1. The van der Waals surface area contributed by atoms with Crippen LogP contribution in [-0.4, -0.2) is 54.7 Å². The van der Waals surface area contributed by atoms with Crippen molar-refractivity contribution in [1.82, 2.24) is 19.4 Å². The van der Waals surface area contributed by atoms with E-state index in [9.17, 15) is 18.0 Å². The molecule has 9 nitrogen and oxygen atoms in total. The topological polar surface area (TPSA) is 111 Å². The third-order valence-corrected chi connectivity index (χ3v) is 7.48. The minimum absolute atomic E-state index is 0.00285. The molecule has 1 saturated heterocycles. The van der Waals surface area contributed by atoms with Gasteiger partial charge in [0.15, 0.2) is 0 Å². The second kappa shape index (κ2) is 9.82. The molecule has 33 heavy (non-hydrogen) atoms. The molecule has 0 aliphatic carbocycles. The van der Waals surface area contributed by atoms with Crippen LogP contribution >= 0.6 is 0 Å². The van der Waals surface area contributed by atoms with Gasteiger partial charge in [-0.25, -0.2) is 13.1 Å². The molecular formula is C23H26N4O5S. The Bertz CT molecular complexity index is 1330. The Morgan fingerprint density at radius 2 is 1.67 bits per heavy atom. The molecule has 2 heterocycles. The van der Waals surface area contributed by atoms with Gasteiger partial charge in [0.1, 0.15) is 0 Å². The molecule has 1 N–H and O–H groups in total. The summed E-state index contributed by atoms with van der Waals surface area (Å²) in [5.74, 6) is -0.399. The van der Waals surface area contributed by atoms with Crippen molar-refractivity contribution in [3.05, 3.63) is 75.7 Å². The van der Waals surface area contributed by atoms with Crippen LogP contribution in [0.4, 0.5) is 0 Å². The minimum Gasteiger partial charge on any atom is -0.379 e. The maximum atomic E-state index is 12.8. The number of nitrogens with one attached hydrogen (secondary N) is 1. The highest BCUT2D eigenvalue weighted by Gasteiger charge is 2.25. The fourth-order valence-corrected chi connectivity index (χ4v) is 5.46. The second-order valence-electron chi connectivity index (χ2n) is 7.91. The molecule has 0 saturated carbocycles. The van der Waals surface area contributed by atoms with E-state index in [1.165, 1.54) is 8.99 Å². The molecule has 1 fully saturated rings. The van der Waals surface area contributed by atoms with Crippen LogP contribution in [0.3, 0.4) is 0 Å². The number of sulfonamides is 1. The lowest BCUT2D eigenvalue weighted by molar-refractivity contribution is -0.120. The van der Waals surface area contributed by atoms with Crippen LogP contribution in [0.5, 0.6) is 0 Å². The van der Waals surface area contributed by atoms with Crippen LogP contribution in [-0.2, 0) is 45.3 Å². The average molecular weight is 471 g/mol. The minimum atomic E-state index is -3.48. The van der Waals surface area contributed by atoms with E-state index in [4.69, 9.17) is 4.74 Å². The SMILES string of the molecule is Cn1nc(CC(=O)NCc2ccccc2CS(=O)(=O)N2CCOCC2)c2ccccc2c1=O. The number of morpholine rings is 1. The number of ether oxygens (including phenoxy) is 1. The molecule has 1 aliphatic heterocycles. The first-order valence-corrected chi connectivity index (χ1v) is 12.3. The summed E-state index contributed by atoms with van der Waals surface area (Å²) in [7, 11) is -1.92. The lowest BCUT2D eigenvalue weighted by atomic mass is 10.1. The van der Waals surface area contributed by atoms with Gasteiger partial charge in [0, 0.05) is 32.1 Å². The van der Waals surface area contributed by atoms with E-state index in [-0.39, 0.29) is 30.2 Å². The first-order chi connectivity index (χ1) is 15.8. The standard InChI is InChI=1S/C23H26N4O5S/c1-26-23(29)20-9-5-4-8-19(20)21(25-26)14-22(28)24-15-17-6-2-3-7-18(17)16-33(30,31)27-10-12-32-13-11-27/h2-9H,10-16H2,1H3,(H,24,28). The summed E-state index contributed by atoms with van der Waals surface area (Å²) in [6, 6.07) is 14.2. The number of hydrogen-bond donors (Lipinski definition) is 1. The van der Waals surface area contributed by atoms with E-state index in [0.29, 0.717) is 48.3 Å². The zero-order chi connectivity index (χ0) is 23.4. The molecule has 1 aliphatic rings. The van der Waals surface area contributed by atoms with Gasteiger partial charge in [0.2, 0.25) is 15.9 Å². The summed E-state index contributed by atoms with van der Waals surface area (Å²) in [6.45, 7) is 1.68. The summed E-state index contributed by atoms with van der Waals surface area (Å²) >= 11 is 0. The predicted molar refractivity (Wildman–Crippen MR) is 124 cm³/mol. The Hall–Kier alpha value is -3.08. The summed E-state index contributed by atoms with van der Waals surface area (Å²) in [4.78, 5) is 25.0. The van der Waals surface area contributed by atoms with Crippen LogP contribution in [0.2, 0.25) is 0 Å². The lowest BCUT2D eigenvalue weighted by Gasteiger charge is -2.26. The summed E-state index contributed by atoms with van der Waals surface area (Å²) in [6.07, 6.45) is 0.00285. The maximum Gasteiger partial charge on any atom is 0.274 e. The highest BCUT2D eigenvalue weighted by molar-refractivity contribution is 7.88. The number of carbonyl (C=O) groups is 1. The van der Waals surface area contributed by atoms with Crippen LogP contribution in [0, 0.1) is 0 Å². The summed E-state index contributed by atoms with van der Waals surface area (Å²) < 4.78 is 33.6. The van der Waals surface area contributed by atoms with Crippen molar-refractivity contribution in [3.8, 4) is 0 Å². The number of aromatic nitrogens is 2. The molecule has 1 amide bonds. The van der Waals surface area contributed by atoms with Gasteiger partial charge in [-0.05, 0) is 17.2 Å². The van der Waals surface area contributed by atoms with E-state index < -0.39 is 10.0 Å². The number of benzene rings is 2. The molecule has 0 atom stereocenters. The number of aryl methyl sites for hydroxylation is 1. The van der Waals surface area contributed by atoms with Gasteiger partial charge in [-0.2, -0.15) is 9.40 Å². The first-order valence-electron chi connectivity index (χ1n) is 10.7. The van der Waals surface area contributed by atoms with Crippen molar-refractivity contribution >= 4 is 26.7 Å². The fourth-order valence-electron chi connectivity index (χ4n) is 3.90. The van der Waals surface area contributed by atoms with Crippen LogP contribution in [0.15, 0.2) is 53.3 Å². The predicted octanol–water partition coefficient (Wildman–Crippen LogP) is 0.954. The molecule has 0 spiro atoms. The van der Waals surface area contributed by atoms with E-state index in [1.807, 2.05) is 12.1 Å². The number of carbonyl (C=O) groups excluding carboxylic acids is 1. The number of amides is 1. The number of hydrogen-bond acceptors (Lipinski definition) is 6. The van der Waals surface area contributed by atoms with Crippen molar-refractivity contribution in [3.63, 3.8) is 0 Å². The van der Waals surface area contributed by atoms with Crippen molar-refractivity contribution in [1.29, 1.82) is 0 Å². The quantitative estimate of drug-likeness (QED) is 0.551. The fraction of sp³-hybridized carbons (Fsp3) is 0.348. The van der Waals surface area contributed by atoms with Gasteiger partial charge in [-0.3, -0.25) is 9.59 Å². The lowest BCUT2D eigenvalue weighted by Crippen LogP contribution is -2.41. The Morgan fingerprint density at radius 3 is 2.39 bits per heavy atom. The number of nitrogens with zero attached hydrogens (tertiary/aromatic N) is 3. The van der Waals surface area contributed by atoms with Gasteiger partial charge in [0.05, 0.1) is 36.5 Å². The summed E-state index contributed by atoms with van der Waals surface area (Å²) in [5.41, 5.74) is 1.68. The normalized spacial score (nSPS) is 14.9. The molecule has 2 aromatic carbocycles. The van der Waals surface area contributed by atoms with Gasteiger partial charge < -0.3 is 10.1 Å². The highest BCUT2D eigenvalue weighted by atomic mass is 32.2. The molecule has 0 unspecified atom stereocenters. The van der Waals surface area contributed by atoms with Crippen molar-refractivity contribution in [2.75, 3.05) is 26.3 Å². The van der Waals surface area contributed by atoms with Gasteiger partial charge in [-0.1, -0.05) is 42.5 Å². The van der Waals surface area contributed by atoms with Crippen molar-refractivity contribution in [2.24, 2.45) is 7.05 Å².